The first-order valence-corrected chi connectivity index (χ1v) is 5.39. The number of rotatable bonds is 3. The number of nitrogens with one attached hydrogen (secondary N) is 1. The van der Waals surface area contributed by atoms with Gasteiger partial charge in [-0.2, -0.15) is 0 Å². The van der Waals surface area contributed by atoms with Crippen LogP contribution < -0.4 is 11.1 Å². The molecule has 0 radical (unpaired) electrons. The van der Waals surface area contributed by atoms with E-state index in [1.54, 1.807) is 13.0 Å². The molecule has 1 amide bonds. The second kappa shape index (κ2) is 4.31. The van der Waals surface area contributed by atoms with Gasteiger partial charge in [0.15, 0.2) is 5.13 Å². The Morgan fingerprint density at radius 3 is 3.06 bits per heavy atom. The lowest BCUT2D eigenvalue weighted by Gasteiger charge is -2.00. The van der Waals surface area contributed by atoms with Crippen LogP contribution in [-0.4, -0.2) is 16.0 Å². The summed E-state index contributed by atoms with van der Waals surface area (Å²) in [6.45, 7) is 2.07. The van der Waals surface area contributed by atoms with Crippen molar-refractivity contribution in [2.45, 2.75) is 13.5 Å². The third kappa shape index (κ3) is 2.19. The van der Waals surface area contributed by atoms with Crippen LogP contribution in [0.25, 0.3) is 0 Å². The first kappa shape index (κ1) is 10.6. The van der Waals surface area contributed by atoms with Crippen LogP contribution in [0.1, 0.15) is 21.1 Å². The molecule has 2 rings (SSSR count). The summed E-state index contributed by atoms with van der Waals surface area (Å²) in [5.41, 5.74) is 6.82. The van der Waals surface area contributed by atoms with Gasteiger partial charge in [-0.1, -0.05) is 16.5 Å². The van der Waals surface area contributed by atoms with Crippen LogP contribution in [0.4, 0.5) is 5.13 Å². The van der Waals surface area contributed by atoms with Gasteiger partial charge < -0.3 is 15.6 Å². The van der Waals surface area contributed by atoms with Crippen LogP contribution in [0, 0.1) is 6.92 Å². The average Bonchev–Trinajstić information content (AvgIpc) is 2.84. The molecule has 84 valence electrons. The summed E-state index contributed by atoms with van der Waals surface area (Å²) in [4.78, 5) is 16.2. The van der Waals surface area contributed by atoms with E-state index >= 15 is 0 Å². The Bertz CT molecular complexity index is 492. The van der Waals surface area contributed by atoms with Gasteiger partial charge in [0, 0.05) is 6.07 Å². The molecule has 0 aliphatic heterocycles. The molecule has 0 atom stereocenters. The highest BCUT2D eigenvalue weighted by Crippen LogP contribution is 2.19. The summed E-state index contributed by atoms with van der Waals surface area (Å²) in [5.74, 6) is -0.199. The topological polar surface area (TPSA) is 94.0 Å². The third-order valence-corrected chi connectivity index (χ3v) is 2.93. The minimum atomic E-state index is -0.199. The van der Waals surface area contributed by atoms with E-state index < -0.39 is 0 Å². The Hall–Kier alpha value is -1.89. The lowest BCUT2D eigenvalue weighted by molar-refractivity contribution is 0.0953. The van der Waals surface area contributed by atoms with E-state index in [4.69, 9.17) is 5.73 Å². The van der Waals surface area contributed by atoms with Crippen molar-refractivity contribution < 1.29 is 9.32 Å². The zero-order chi connectivity index (χ0) is 11.5. The molecule has 0 fully saturated rings. The van der Waals surface area contributed by atoms with Gasteiger partial charge in [-0.3, -0.25) is 4.79 Å². The predicted octanol–water partition coefficient (Wildman–Crippen LogP) is 0.952. The van der Waals surface area contributed by atoms with E-state index in [2.05, 4.69) is 20.0 Å². The molecule has 2 aromatic rings. The average molecular weight is 238 g/mol. The number of aryl methyl sites for hydroxylation is 1. The molecular weight excluding hydrogens is 228 g/mol. The monoisotopic (exact) mass is 238 g/mol. The zero-order valence-electron chi connectivity index (χ0n) is 8.56. The molecule has 0 bridgehead atoms. The van der Waals surface area contributed by atoms with Gasteiger partial charge in [-0.15, -0.1) is 0 Å². The summed E-state index contributed by atoms with van der Waals surface area (Å²) < 4.78 is 4.65. The number of hydrogen-bond donors (Lipinski definition) is 2. The minimum absolute atomic E-state index is 0.199. The number of anilines is 1. The number of nitrogens with two attached hydrogens (primary N) is 1. The lowest BCUT2D eigenvalue weighted by atomic mass is 10.3. The molecule has 0 saturated carbocycles. The number of amides is 1. The van der Waals surface area contributed by atoms with Gasteiger partial charge >= 0.3 is 0 Å². The normalized spacial score (nSPS) is 10.3. The van der Waals surface area contributed by atoms with E-state index in [9.17, 15) is 4.79 Å². The van der Waals surface area contributed by atoms with Gasteiger partial charge in [-0.25, -0.2) is 4.98 Å². The second-order valence-corrected chi connectivity index (χ2v) is 4.17. The largest absolute Gasteiger partial charge is 0.375 e. The van der Waals surface area contributed by atoms with Crippen LogP contribution in [0.3, 0.4) is 0 Å². The molecular formula is C9H10N4O2S. The van der Waals surface area contributed by atoms with Crippen molar-refractivity contribution in [3.05, 3.63) is 28.6 Å². The number of carbonyl (C=O) groups is 1. The molecule has 16 heavy (non-hydrogen) atoms. The van der Waals surface area contributed by atoms with Crippen molar-refractivity contribution in [1.29, 1.82) is 0 Å². The Balaban J connectivity index is 2.01. The number of thiazole rings is 1. The highest BCUT2D eigenvalue weighted by atomic mass is 32.1. The summed E-state index contributed by atoms with van der Waals surface area (Å²) in [7, 11) is 0. The van der Waals surface area contributed by atoms with E-state index in [0.717, 1.165) is 0 Å². The van der Waals surface area contributed by atoms with Gasteiger partial charge in [0.1, 0.15) is 16.8 Å². The molecule has 3 N–H and O–H groups in total. The summed E-state index contributed by atoms with van der Waals surface area (Å²) in [5, 5.41) is 6.78. The van der Waals surface area contributed by atoms with Crippen molar-refractivity contribution in [3.63, 3.8) is 0 Å². The second-order valence-electron chi connectivity index (χ2n) is 3.14. The maximum atomic E-state index is 11.7. The fraction of sp³-hybridized carbons (Fsp3) is 0.222. The zero-order valence-corrected chi connectivity index (χ0v) is 9.37. The maximum absolute atomic E-state index is 11.7. The summed E-state index contributed by atoms with van der Waals surface area (Å²) in [6, 6.07) is 1.69. The van der Waals surface area contributed by atoms with Crippen LogP contribution in [0.2, 0.25) is 0 Å². The van der Waals surface area contributed by atoms with Gasteiger partial charge in [0.25, 0.3) is 5.91 Å². The Labute approximate surface area is 95.5 Å². The summed E-state index contributed by atoms with van der Waals surface area (Å²) in [6.07, 6.45) is 1.46. The molecule has 2 aromatic heterocycles. The first-order chi connectivity index (χ1) is 7.66. The molecule has 7 heteroatoms. The van der Waals surface area contributed by atoms with E-state index in [-0.39, 0.29) is 5.91 Å². The van der Waals surface area contributed by atoms with Crippen LogP contribution in [0.5, 0.6) is 0 Å². The molecule has 6 nitrogen and oxygen atoms in total. The highest BCUT2D eigenvalue weighted by molar-refractivity contribution is 7.17. The molecule has 0 spiro atoms. The minimum Gasteiger partial charge on any atom is -0.375 e. The number of nitrogens with zero attached hydrogens (tertiary/aromatic N) is 2. The van der Waals surface area contributed by atoms with Gasteiger partial charge in [0.2, 0.25) is 0 Å². The Morgan fingerprint density at radius 2 is 2.50 bits per heavy atom. The van der Waals surface area contributed by atoms with Crippen molar-refractivity contribution in [1.82, 2.24) is 15.5 Å². The van der Waals surface area contributed by atoms with Crippen molar-refractivity contribution in [2.24, 2.45) is 0 Å². The number of carbonyl (C=O) groups excluding carboxylic acids is 1. The predicted molar refractivity (Wildman–Crippen MR) is 58.9 cm³/mol. The number of nitrogen functional groups attached to an aromatic ring is 1. The molecule has 0 saturated heterocycles. The SMILES string of the molecule is Cc1nc(N)sc1C(=O)NCc1ccon1. The van der Waals surface area contributed by atoms with Crippen LogP contribution >= 0.6 is 11.3 Å². The molecule has 0 aliphatic carbocycles. The van der Waals surface area contributed by atoms with Crippen LogP contribution in [0.15, 0.2) is 16.9 Å². The number of aromatic nitrogens is 2. The highest BCUT2D eigenvalue weighted by Gasteiger charge is 2.13. The van der Waals surface area contributed by atoms with Crippen molar-refractivity contribution in [3.8, 4) is 0 Å². The Morgan fingerprint density at radius 1 is 1.69 bits per heavy atom. The fourth-order valence-corrected chi connectivity index (χ4v) is 1.96. The van der Waals surface area contributed by atoms with E-state index in [1.165, 1.54) is 17.6 Å². The molecule has 2 heterocycles. The third-order valence-electron chi connectivity index (χ3n) is 1.94. The van der Waals surface area contributed by atoms with Crippen molar-refractivity contribution >= 4 is 22.4 Å². The van der Waals surface area contributed by atoms with Gasteiger partial charge in [0.05, 0.1) is 12.2 Å². The summed E-state index contributed by atoms with van der Waals surface area (Å²) >= 11 is 1.17. The van der Waals surface area contributed by atoms with Gasteiger partial charge in [-0.05, 0) is 6.92 Å². The van der Waals surface area contributed by atoms with Crippen molar-refractivity contribution in [2.75, 3.05) is 5.73 Å². The molecule has 0 aliphatic rings. The maximum Gasteiger partial charge on any atom is 0.263 e. The number of hydrogen-bond acceptors (Lipinski definition) is 6. The standard InChI is InChI=1S/C9H10N4O2S/c1-5-7(16-9(10)12-5)8(14)11-4-6-2-3-15-13-6/h2-3H,4H2,1H3,(H2,10,12)(H,11,14). The lowest BCUT2D eigenvalue weighted by Crippen LogP contribution is -2.22. The Kier molecular flexibility index (Phi) is 2.86. The molecule has 0 unspecified atom stereocenters. The quantitative estimate of drug-likeness (QED) is 0.830. The first-order valence-electron chi connectivity index (χ1n) is 4.57. The fourth-order valence-electron chi connectivity index (χ4n) is 1.21. The molecule has 0 aromatic carbocycles. The smallest absolute Gasteiger partial charge is 0.263 e. The van der Waals surface area contributed by atoms with Crippen LogP contribution in [-0.2, 0) is 6.54 Å². The van der Waals surface area contributed by atoms with E-state index in [1.807, 2.05) is 0 Å². The van der Waals surface area contributed by atoms with E-state index in [0.29, 0.717) is 27.9 Å².